The number of rotatable bonds is 3. The molecule has 0 fully saturated rings. The fourth-order valence-corrected chi connectivity index (χ4v) is 4.19. The predicted octanol–water partition coefficient (Wildman–Crippen LogP) is 5.33. The first-order valence-electron chi connectivity index (χ1n) is 6.47. The van der Waals surface area contributed by atoms with E-state index in [2.05, 4.69) is 38.8 Å². The van der Waals surface area contributed by atoms with Crippen LogP contribution in [-0.2, 0) is 13.0 Å². The Bertz CT molecular complexity index is 581. The van der Waals surface area contributed by atoms with Crippen LogP contribution >= 0.6 is 38.9 Å². The van der Waals surface area contributed by atoms with Crippen molar-refractivity contribution in [3.8, 4) is 0 Å². The minimum absolute atomic E-state index is 0.477. The standard InChI is InChI=1S/C15H15BrClNS/c16-11-4-5-13(17)10(8-11)9-18-14-2-1-3-15-12(14)6-7-19-15/h4-8,14,18H,1-3,9H2. The maximum Gasteiger partial charge on any atom is 0.0451 e. The predicted molar refractivity (Wildman–Crippen MR) is 86.0 cm³/mol. The molecule has 1 aromatic heterocycles. The van der Waals surface area contributed by atoms with Gasteiger partial charge in [0.15, 0.2) is 0 Å². The van der Waals surface area contributed by atoms with Crippen LogP contribution in [-0.4, -0.2) is 0 Å². The largest absolute Gasteiger partial charge is 0.306 e. The molecular weight excluding hydrogens is 342 g/mol. The highest BCUT2D eigenvalue weighted by molar-refractivity contribution is 9.10. The fraction of sp³-hybridized carbons (Fsp3) is 0.333. The second-order valence-corrected chi connectivity index (χ2v) is 7.18. The molecule has 0 radical (unpaired) electrons. The van der Waals surface area contributed by atoms with Crippen molar-refractivity contribution < 1.29 is 0 Å². The third kappa shape index (κ3) is 3.05. The smallest absolute Gasteiger partial charge is 0.0451 e. The zero-order valence-electron chi connectivity index (χ0n) is 10.5. The monoisotopic (exact) mass is 355 g/mol. The Hall–Kier alpha value is -0.350. The molecule has 1 unspecified atom stereocenters. The lowest BCUT2D eigenvalue weighted by Gasteiger charge is -2.24. The van der Waals surface area contributed by atoms with Crippen molar-refractivity contribution in [2.45, 2.75) is 31.8 Å². The zero-order chi connectivity index (χ0) is 13.2. The van der Waals surface area contributed by atoms with Gasteiger partial charge in [-0.3, -0.25) is 0 Å². The molecule has 0 amide bonds. The van der Waals surface area contributed by atoms with Gasteiger partial charge in [-0.15, -0.1) is 11.3 Å². The highest BCUT2D eigenvalue weighted by atomic mass is 79.9. The van der Waals surface area contributed by atoms with Crippen LogP contribution in [0.2, 0.25) is 5.02 Å². The Kier molecular flexibility index (Phi) is 4.27. The number of aryl methyl sites for hydroxylation is 1. The van der Waals surface area contributed by atoms with Gasteiger partial charge < -0.3 is 5.32 Å². The van der Waals surface area contributed by atoms with Crippen molar-refractivity contribution in [2.24, 2.45) is 0 Å². The van der Waals surface area contributed by atoms with Crippen molar-refractivity contribution in [1.82, 2.24) is 5.32 Å². The first kappa shape index (κ1) is 13.6. The SMILES string of the molecule is Clc1ccc(Br)cc1CNC1CCCc2sccc21. The summed E-state index contributed by atoms with van der Waals surface area (Å²) in [5.74, 6) is 0. The molecule has 19 heavy (non-hydrogen) atoms. The first-order valence-corrected chi connectivity index (χ1v) is 8.52. The normalized spacial score (nSPS) is 18.3. The molecule has 0 aliphatic heterocycles. The third-order valence-electron chi connectivity index (χ3n) is 3.60. The number of benzene rings is 1. The van der Waals surface area contributed by atoms with Crippen molar-refractivity contribution in [2.75, 3.05) is 0 Å². The molecule has 0 saturated heterocycles. The van der Waals surface area contributed by atoms with Crippen LogP contribution in [0.25, 0.3) is 0 Å². The van der Waals surface area contributed by atoms with E-state index in [4.69, 9.17) is 11.6 Å². The van der Waals surface area contributed by atoms with Gasteiger partial charge in [-0.05, 0) is 60.0 Å². The van der Waals surface area contributed by atoms with Crippen LogP contribution in [0.3, 0.4) is 0 Å². The van der Waals surface area contributed by atoms with E-state index in [1.165, 1.54) is 24.8 Å². The lowest BCUT2D eigenvalue weighted by molar-refractivity contribution is 0.463. The molecule has 1 aliphatic rings. The van der Waals surface area contributed by atoms with Crippen LogP contribution in [0.4, 0.5) is 0 Å². The van der Waals surface area contributed by atoms with E-state index >= 15 is 0 Å². The van der Waals surface area contributed by atoms with Crippen molar-refractivity contribution in [3.05, 3.63) is 55.1 Å². The first-order chi connectivity index (χ1) is 9.24. The van der Waals surface area contributed by atoms with Crippen LogP contribution in [0, 0.1) is 0 Å². The Labute approximate surface area is 131 Å². The number of thiophene rings is 1. The quantitative estimate of drug-likeness (QED) is 0.783. The molecule has 1 heterocycles. The van der Waals surface area contributed by atoms with Crippen molar-refractivity contribution in [3.63, 3.8) is 0 Å². The Morgan fingerprint density at radius 3 is 3.16 bits per heavy atom. The van der Waals surface area contributed by atoms with Gasteiger partial charge in [0, 0.05) is 27.0 Å². The molecule has 100 valence electrons. The molecule has 1 nitrogen and oxygen atoms in total. The average molecular weight is 357 g/mol. The highest BCUT2D eigenvalue weighted by Crippen LogP contribution is 2.33. The topological polar surface area (TPSA) is 12.0 Å². The van der Waals surface area contributed by atoms with Crippen LogP contribution in [0.1, 0.15) is 34.9 Å². The summed E-state index contributed by atoms with van der Waals surface area (Å²) in [7, 11) is 0. The summed E-state index contributed by atoms with van der Waals surface area (Å²) in [5, 5.41) is 6.69. The molecule has 1 N–H and O–H groups in total. The molecule has 0 saturated carbocycles. The Morgan fingerprint density at radius 2 is 2.26 bits per heavy atom. The zero-order valence-corrected chi connectivity index (χ0v) is 13.6. The Balaban J connectivity index is 1.72. The molecule has 1 atom stereocenters. The molecular formula is C15H15BrClNS. The van der Waals surface area contributed by atoms with E-state index in [-0.39, 0.29) is 0 Å². The van der Waals surface area contributed by atoms with Gasteiger partial charge in [-0.25, -0.2) is 0 Å². The summed E-state index contributed by atoms with van der Waals surface area (Å²) in [6, 6.07) is 8.75. The minimum Gasteiger partial charge on any atom is -0.306 e. The summed E-state index contributed by atoms with van der Waals surface area (Å²) < 4.78 is 1.08. The van der Waals surface area contributed by atoms with Crippen LogP contribution < -0.4 is 5.32 Å². The number of hydrogen-bond donors (Lipinski definition) is 1. The van der Waals surface area contributed by atoms with Crippen molar-refractivity contribution in [1.29, 1.82) is 0 Å². The summed E-state index contributed by atoms with van der Waals surface area (Å²) in [6.45, 7) is 0.818. The van der Waals surface area contributed by atoms with E-state index in [1.807, 2.05) is 23.5 Å². The van der Waals surface area contributed by atoms with E-state index in [0.29, 0.717) is 6.04 Å². The number of halogens is 2. The molecule has 2 aromatic rings. The second kappa shape index (κ2) is 5.96. The van der Waals surface area contributed by atoms with E-state index in [9.17, 15) is 0 Å². The summed E-state index contributed by atoms with van der Waals surface area (Å²) in [5.41, 5.74) is 2.64. The lowest BCUT2D eigenvalue weighted by Crippen LogP contribution is -2.24. The maximum absolute atomic E-state index is 6.23. The van der Waals surface area contributed by atoms with Gasteiger partial charge >= 0.3 is 0 Å². The maximum atomic E-state index is 6.23. The molecule has 3 rings (SSSR count). The number of fused-ring (bicyclic) bond motifs is 1. The lowest BCUT2D eigenvalue weighted by atomic mass is 9.94. The average Bonchev–Trinajstić information content (AvgIpc) is 2.88. The Morgan fingerprint density at radius 1 is 1.37 bits per heavy atom. The van der Waals surface area contributed by atoms with Gasteiger partial charge in [0.05, 0.1) is 0 Å². The summed E-state index contributed by atoms with van der Waals surface area (Å²) in [4.78, 5) is 1.55. The molecule has 1 aromatic carbocycles. The van der Waals surface area contributed by atoms with E-state index in [0.717, 1.165) is 21.6 Å². The number of nitrogens with one attached hydrogen (secondary N) is 1. The second-order valence-electron chi connectivity index (χ2n) is 4.86. The summed E-state index contributed by atoms with van der Waals surface area (Å²) >= 11 is 11.6. The van der Waals surface area contributed by atoms with Gasteiger partial charge in [-0.2, -0.15) is 0 Å². The van der Waals surface area contributed by atoms with Crippen molar-refractivity contribution >= 4 is 38.9 Å². The highest BCUT2D eigenvalue weighted by Gasteiger charge is 2.20. The fourth-order valence-electron chi connectivity index (χ4n) is 2.61. The van der Waals surface area contributed by atoms with Gasteiger partial charge in [0.25, 0.3) is 0 Å². The third-order valence-corrected chi connectivity index (χ3v) is 5.46. The molecule has 4 heteroatoms. The molecule has 0 bridgehead atoms. The van der Waals surface area contributed by atoms with Gasteiger partial charge in [0.2, 0.25) is 0 Å². The number of hydrogen-bond acceptors (Lipinski definition) is 2. The van der Waals surface area contributed by atoms with Crippen LogP contribution in [0.5, 0.6) is 0 Å². The van der Waals surface area contributed by atoms with Gasteiger partial charge in [-0.1, -0.05) is 27.5 Å². The van der Waals surface area contributed by atoms with E-state index in [1.54, 1.807) is 4.88 Å². The van der Waals surface area contributed by atoms with E-state index < -0.39 is 0 Å². The van der Waals surface area contributed by atoms with Crippen LogP contribution in [0.15, 0.2) is 34.1 Å². The summed E-state index contributed by atoms with van der Waals surface area (Å²) in [6.07, 6.45) is 3.73. The minimum atomic E-state index is 0.477. The van der Waals surface area contributed by atoms with Gasteiger partial charge in [0.1, 0.15) is 0 Å². The molecule has 0 spiro atoms. The molecule has 1 aliphatic carbocycles.